The Balaban J connectivity index is 1.36. The lowest BCUT2D eigenvalue weighted by molar-refractivity contribution is -0.145. The van der Waals surface area contributed by atoms with Crippen molar-refractivity contribution < 1.29 is 42.4 Å². The van der Waals surface area contributed by atoms with Crippen LogP contribution in [-0.2, 0) is 28.1 Å². The van der Waals surface area contributed by atoms with E-state index in [9.17, 15) is 18.9 Å². The minimum Gasteiger partial charge on any atom is -0.454 e. The maximum absolute atomic E-state index is 13.9. The lowest BCUT2D eigenvalue weighted by atomic mass is 10.2. The molecular formula is C35H35N6O9P. The number of nitrogens with one attached hydrogen (secondary N) is 1. The number of aromatic nitrogens is 4. The van der Waals surface area contributed by atoms with Crippen molar-refractivity contribution in [2.75, 3.05) is 29.8 Å². The summed E-state index contributed by atoms with van der Waals surface area (Å²) in [6.45, 7) is 4.70. The molecule has 1 aliphatic heterocycles. The second kappa shape index (κ2) is 15.6. The monoisotopic (exact) mass is 714 g/mol. The molecule has 0 bridgehead atoms. The van der Waals surface area contributed by atoms with E-state index in [0.29, 0.717) is 16.9 Å². The molecule has 264 valence electrons. The van der Waals surface area contributed by atoms with Crippen LogP contribution in [0.4, 0.5) is 22.1 Å². The number of para-hydroxylation sites is 2. The predicted octanol–water partition coefficient (Wildman–Crippen LogP) is 6.51. The van der Waals surface area contributed by atoms with Crippen molar-refractivity contribution in [3.8, 4) is 5.88 Å². The van der Waals surface area contributed by atoms with Crippen molar-refractivity contribution in [1.82, 2.24) is 19.5 Å². The van der Waals surface area contributed by atoms with Gasteiger partial charge in [0.15, 0.2) is 29.8 Å². The van der Waals surface area contributed by atoms with Gasteiger partial charge in [-0.2, -0.15) is 9.97 Å². The number of esters is 1. The molecule has 16 heteroatoms. The number of ether oxygens (including phenoxy) is 4. The van der Waals surface area contributed by atoms with E-state index in [1.54, 1.807) is 85.8 Å². The lowest BCUT2D eigenvalue weighted by Crippen LogP contribution is -2.29. The van der Waals surface area contributed by atoms with Crippen LogP contribution in [0.1, 0.15) is 36.9 Å². The molecule has 2 aromatic heterocycles. The Hall–Kier alpha value is -5.47. The molecule has 0 spiro atoms. The maximum Gasteiger partial charge on any atom is 0.425 e. The number of amides is 2. The van der Waals surface area contributed by atoms with E-state index in [2.05, 4.69) is 20.3 Å². The van der Waals surface area contributed by atoms with Crippen molar-refractivity contribution in [3.05, 3.63) is 103 Å². The van der Waals surface area contributed by atoms with E-state index in [1.807, 2.05) is 12.1 Å². The Kier molecular flexibility index (Phi) is 10.8. The van der Waals surface area contributed by atoms with Gasteiger partial charge in [-0.25, -0.2) is 19.5 Å². The second-order valence-corrected chi connectivity index (χ2v) is 14.0. The number of hydrogen-bond acceptors (Lipinski definition) is 12. The smallest absolute Gasteiger partial charge is 0.425 e. The van der Waals surface area contributed by atoms with Crippen LogP contribution in [0, 0.1) is 0 Å². The number of rotatable bonds is 12. The van der Waals surface area contributed by atoms with E-state index in [0.717, 1.165) is 0 Å². The quantitative estimate of drug-likeness (QED) is 0.110. The number of fused-ring (bicyclic) bond motifs is 1. The van der Waals surface area contributed by atoms with Gasteiger partial charge in [-0.1, -0.05) is 54.6 Å². The van der Waals surface area contributed by atoms with Crippen molar-refractivity contribution in [3.63, 3.8) is 0 Å². The number of benzene rings is 3. The molecule has 3 aromatic carbocycles. The minimum atomic E-state index is -3.09. The molecule has 0 saturated carbocycles. The number of hydrogen-bond donors (Lipinski definition) is 1. The van der Waals surface area contributed by atoms with Crippen molar-refractivity contribution in [2.45, 2.75) is 38.9 Å². The number of carbonyl (C=O) groups is 3. The van der Waals surface area contributed by atoms with Crippen LogP contribution in [0.25, 0.3) is 11.2 Å². The van der Waals surface area contributed by atoms with E-state index in [4.69, 9.17) is 23.5 Å². The normalized spacial score (nSPS) is 18.1. The molecule has 3 heterocycles. The van der Waals surface area contributed by atoms with Crippen LogP contribution in [-0.4, -0.2) is 69.5 Å². The Morgan fingerprint density at radius 2 is 1.59 bits per heavy atom. The summed E-state index contributed by atoms with van der Waals surface area (Å²) in [4.78, 5) is 53.8. The molecule has 1 unspecified atom stereocenters. The molecule has 15 nitrogen and oxygen atoms in total. The first-order valence-electron chi connectivity index (χ1n) is 16.0. The molecule has 51 heavy (non-hydrogen) atoms. The minimum absolute atomic E-state index is 0.0500. The third-order valence-electron chi connectivity index (χ3n) is 7.55. The summed E-state index contributed by atoms with van der Waals surface area (Å²) in [5, 5.41) is 2.53. The van der Waals surface area contributed by atoms with Crippen LogP contribution < -0.4 is 15.0 Å². The topological polar surface area (TPSA) is 173 Å². The van der Waals surface area contributed by atoms with Gasteiger partial charge < -0.3 is 23.5 Å². The average molecular weight is 715 g/mol. The number of anilines is 3. The molecule has 1 aliphatic rings. The summed E-state index contributed by atoms with van der Waals surface area (Å²) in [6, 6.07) is 26.2. The second-order valence-electron chi connectivity index (χ2n) is 11.5. The SMILES string of the molecule is CCOP(C)(=O)CO[C@@H]1C[C@H](OC(=O)c2ccccc2)[C@H](n2cnc3c(OC(=O)N(c4ccccc4)c4ccccc4)nc(NC(C)=O)nc32)O1. The zero-order valence-electron chi connectivity index (χ0n) is 27.9. The first-order valence-corrected chi connectivity index (χ1v) is 18.3. The van der Waals surface area contributed by atoms with Crippen LogP contribution in [0.3, 0.4) is 0 Å². The molecule has 2 amide bonds. The molecule has 5 aromatic rings. The highest BCUT2D eigenvalue weighted by Crippen LogP contribution is 2.44. The van der Waals surface area contributed by atoms with Crippen molar-refractivity contribution >= 4 is 53.8 Å². The fourth-order valence-electron chi connectivity index (χ4n) is 5.38. The number of nitrogens with zero attached hydrogens (tertiary/aromatic N) is 5. The molecule has 0 aliphatic carbocycles. The van der Waals surface area contributed by atoms with Gasteiger partial charge in [0.2, 0.25) is 19.2 Å². The van der Waals surface area contributed by atoms with Gasteiger partial charge in [0.25, 0.3) is 5.88 Å². The van der Waals surface area contributed by atoms with Crippen LogP contribution in [0.2, 0.25) is 0 Å². The van der Waals surface area contributed by atoms with Gasteiger partial charge in [-0.3, -0.25) is 19.2 Å². The molecular weight excluding hydrogens is 679 g/mol. The fourth-order valence-corrected chi connectivity index (χ4v) is 6.43. The highest BCUT2D eigenvalue weighted by molar-refractivity contribution is 7.57. The zero-order chi connectivity index (χ0) is 36.0. The van der Waals surface area contributed by atoms with Crippen LogP contribution in [0.5, 0.6) is 5.88 Å². The van der Waals surface area contributed by atoms with E-state index in [1.165, 1.54) is 29.4 Å². The molecule has 1 saturated heterocycles. The molecule has 0 radical (unpaired) electrons. The van der Waals surface area contributed by atoms with Crippen molar-refractivity contribution in [1.29, 1.82) is 0 Å². The summed E-state index contributed by atoms with van der Waals surface area (Å²) >= 11 is 0. The fraction of sp³-hybridized carbons (Fsp3) is 0.257. The highest BCUT2D eigenvalue weighted by atomic mass is 31.2. The lowest BCUT2D eigenvalue weighted by Gasteiger charge is -2.22. The van der Waals surface area contributed by atoms with Crippen LogP contribution >= 0.6 is 7.37 Å². The number of imidazole rings is 1. The Labute approximate surface area is 292 Å². The van der Waals surface area contributed by atoms with Gasteiger partial charge in [0, 0.05) is 20.0 Å². The summed E-state index contributed by atoms with van der Waals surface area (Å²) in [5.74, 6) is -1.53. The third-order valence-corrected chi connectivity index (χ3v) is 8.97. The first kappa shape index (κ1) is 35.4. The standard InChI is InChI=1S/C35H35N6O9P/c1-4-47-51(3,45)22-46-28-20-27(48-33(43)24-14-8-5-9-15-24)32(49-28)40-21-36-29-30(40)38-34(37-23(2)42)39-31(29)50-35(44)41(25-16-10-6-11-17-25)26-18-12-7-13-19-26/h5-19,21,27-28,32H,4,20,22H2,1-3H3,(H,37,38,39,42)/t27-,28-,32+,51?/m0/s1. The maximum atomic E-state index is 13.9. The molecule has 6 rings (SSSR count). The predicted molar refractivity (Wildman–Crippen MR) is 186 cm³/mol. The average Bonchev–Trinajstić information content (AvgIpc) is 3.72. The highest BCUT2D eigenvalue weighted by Gasteiger charge is 2.42. The summed E-state index contributed by atoms with van der Waals surface area (Å²) < 4.78 is 43.4. The summed E-state index contributed by atoms with van der Waals surface area (Å²) in [6.07, 6.45) is -2.60. The third kappa shape index (κ3) is 8.47. The Morgan fingerprint density at radius 1 is 0.961 bits per heavy atom. The van der Waals surface area contributed by atoms with Gasteiger partial charge in [-0.15, -0.1) is 0 Å². The number of carbonyl (C=O) groups excluding carboxylic acids is 3. The van der Waals surface area contributed by atoms with Crippen LogP contribution in [0.15, 0.2) is 97.3 Å². The van der Waals surface area contributed by atoms with Crippen molar-refractivity contribution in [2.24, 2.45) is 0 Å². The largest absolute Gasteiger partial charge is 0.454 e. The van der Waals surface area contributed by atoms with Gasteiger partial charge in [-0.05, 0) is 43.3 Å². The molecule has 1 fully saturated rings. The Morgan fingerprint density at radius 3 is 2.20 bits per heavy atom. The zero-order valence-corrected chi connectivity index (χ0v) is 28.8. The van der Waals surface area contributed by atoms with E-state index in [-0.39, 0.29) is 42.4 Å². The summed E-state index contributed by atoms with van der Waals surface area (Å²) in [5.41, 5.74) is 1.51. The van der Waals surface area contributed by atoms with Gasteiger partial charge in [0.05, 0.1) is 29.9 Å². The first-order chi connectivity index (χ1) is 24.6. The van der Waals surface area contributed by atoms with Gasteiger partial charge >= 0.3 is 12.1 Å². The summed E-state index contributed by atoms with van der Waals surface area (Å²) in [7, 11) is -3.09. The van der Waals surface area contributed by atoms with Gasteiger partial charge in [0.1, 0.15) is 6.35 Å². The van der Waals surface area contributed by atoms with E-state index >= 15 is 0 Å². The molecule has 4 atom stereocenters. The van der Waals surface area contributed by atoms with E-state index < -0.39 is 44.0 Å². The molecule has 1 N–H and O–H groups in total. The Bertz CT molecular complexity index is 2010.